The molecule has 1 atom stereocenters. The van der Waals surface area contributed by atoms with E-state index in [2.05, 4.69) is 22.9 Å². The van der Waals surface area contributed by atoms with Crippen molar-refractivity contribution in [3.8, 4) is 0 Å². The summed E-state index contributed by atoms with van der Waals surface area (Å²) in [6.07, 6.45) is 1.91. The minimum atomic E-state index is -0.491. The van der Waals surface area contributed by atoms with Crippen LogP contribution in [-0.4, -0.2) is 16.0 Å². The van der Waals surface area contributed by atoms with Gasteiger partial charge in [-0.1, -0.05) is 29.3 Å². The minimum absolute atomic E-state index is 0.491. The standard InChI is InChI=1S/C6H13BrO/c1-3-4-6(2,8)5-7/h8H,3-5H2,1-2H3. The third-order valence-corrected chi connectivity index (χ3v) is 2.28. The highest BCUT2D eigenvalue weighted by molar-refractivity contribution is 9.09. The van der Waals surface area contributed by atoms with E-state index in [1.807, 2.05) is 6.92 Å². The first-order valence-corrected chi connectivity index (χ1v) is 4.03. The molecule has 1 nitrogen and oxygen atoms in total. The van der Waals surface area contributed by atoms with Crippen LogP contribution in [-0.2, 0) is 0 Å². The third-order valence-electron chi connectivity index (χ3n) is 1.08. The summed E-state index contributed by atoms with van der Waals surface area (Å²) < 4.78 is 0. The second-order valence-corrected chi connectivity index (χ2v) is 2.94. The summed E-state index contributed by atoms with van der Waals surface area (Å²) in [7, 11) is 0. The van der Waals surface area contributed by atoms with Crippen molar-refractivity contribution in [1.82, 2.24) is 0 Å². The van der Waals surface area contributed by atoms with Gasteiger partial charge >= 0.3 is 0 Å². The predicted molar refractivity (Wildman–Crippen MR) is 39.3 cm³/mol. The van der Waals surface area contributed by atoms with Gasteiger partial charge in [0.2, 0.25) is 0 Å². The molecule has 1 unspecified atom stereocenters. The lowest BCUT2D eigenvalue weighted by molar-refractivity contribution is 0.0766. The molecule has 0 aromatic rings. The molecule has 0 aromatic carbocycles. The molecule has 0 aliphatic rings. The van der Waals surface area contributed by atoms with E-state index in [1.54, 1.807) is 0 Å². The number of aliphatic hydroxyl groups is 1. The van der Waals surface area contributed by atoms with Crippen LogP contribution < -0.4 is 0 Å². The van der Waals surface area contributed by atoms with Gasteiger partial charge in [0.15, 0.2) is 0 Å². The van der Waals surface area contributed by atoms with Crippen molar-refractivity contribution in [2.45, 2.75) is 32.3 Å². The predicted octanol–water partition coefficient (Wildman–Crippen LogP) is 1.93. The first-order valence-electron chi connectivity index (χ1n) is 2.91. The zero-order valence-corrected chi connectivity index (χ0v) is 7.03. The Morgan fingerprint density at radius 2 is 2.12 bits per heavy atom. The van der Waals surface area contributed by atoms with Gasteiger partial charge in [-0.2, -0.15) is 0 Å². The maximum Gasteiger partial charge on any atom is 0.0716 e. The van der Waals surface area contributed by atoms with Gasteiger partial charge in [0.25, 0.3) is 0 Å². The molecule has 0 saturated heterocycles. The Kier molecular flexibility index (Phi) is 3.65. The average molecular weight is 181 g/mol. The van der Waals surface area contributed by atoms with E-state index in [9.17, 15) is 5.11 Å². The fourth-order valence-corrected chi connectivity index (χ4v) is 0.886. The molecule has 0 bridgehead atoms. The first kappa shape index (κ1) is 8.44. The van der Waals surface area contributed by atoms with E-state index in [4.69, 9.17) is 0 Å². The Morgan fingerprint density at radius 3 is 2.25 bits per heavy atom. The largest absolute Gasteiger partial charge is 0.389 e. The minimum Gasteiger partial charge on any atom is -0.389 e. The van der Waals surface area contributed by atoms with Crippen LogP contribution in [0.3, 0.4) is 0 Å². The highest BCUT2D eigenvalue weighted by atomic mass is 79.9. The second kappa shape index (κ2) is 3.46. The van der Waals surface area contributed by atoms with Crippen LogP contribution in [0.15, 0.2) is 0 Å². The third kappa shape index (κ3) is 3.44. The monoisotopic (exact) mass is 180 g/mol. The molecule has 0 aliphatic heterocycles. The number of hydrogen-bond acceptors (Lipinski definition) is 1. The van der Waals surface area contributed by atoms with Crippen molar-refractivity contribution in [2.24, 2.45) is 0 Å². The maximum absolute atomic E-state index is 9.28. The molecule has 0 radical (unpaired) electrons. The van der Waals surface area contributed by atoms with E-state index >= 15 is 0 Å². The van der Waals surface area contributed by atoms with E-state index in [1.165, 1.54) is 0 Å². The Balaban J connectivity index is 3.37. The van der Waals surface area contributed by atoms with E-state index in [0.29, 0.717) is 5.33 Å². The first-order chi connectivity index (χ1) is 3.62. The molecule has 0 aromatic heterocycles. The van der Waals surface area contributed by atoms with Crippen molar-refractivity contribution in [3.05, 3.63) is 0 Å². The fraction of sp³-hybridized carbons (Fsp3) is 1.00. The van der Waals surface area contributed by atoms with Gasteiger partial charge in [-0.05, 0) is 13.3 Å². The lowest BCUT2D eigenvalue weighted by Crippen LogP contribution is -2.25. The summed E-state index contributed by atoms with van der Waals surface area (Å²) in [6.45, 7) is 3.91. The molecular formula is C6H13BrO. The molecule has 0 rings (SSSR count). The van der Waals surface area contributed by atoms with Gasteiger partial charge in [-0.15, -0.1) is 0 Å². The smallest absolute Gasteiger partial charge is 0.0716 e. The van der Waals surface area contributed by atoms with Gasteiger partial charge in [0.05, 0.1) is 5.60 Å². The molecule has 2 heteroatoms. The van der Waals surface area contributed by atoms with Crippen LogP contribution in [0.25, 0.3) is 0 Å². The lowest BCUT2D eigenvalue weighted by atomic mass is 10.0. The summed E-state index contributed by atoms with van der Waals surface area (Å²) in [5.74, 6) is 0. The van der Waals surface area contributed by atoms with E-state index < -0.39 is 5.60 Å². The highest BCUT2D eigenvalue weighted by Crippen LogP contribution is 2.13. The van der Waals surface area contributed by atoms with Gasteiger partial charge in [0, 0.05) is 5.33 Å². The Bertz CT molecular complexity index is 61.5. The van der Waals surface area contributed by atoms with Crippen molar-refractivity contribution in [3.63, 3.8) is 0 Å². The maximum atomic E-state index is 9.28. The Labute approximate surface area is 59.2 Å². The van der Waals surface area contributed by atoms with Gasteiger partial charge in [-0.3, -0.25) is 0 Å². The number of halogens is 1. The van der Waals surface area contributed by atoms with Crippen molar-refractivity contribution in [1.29, 1.82) is 0 Å². The summed E-state index contributed by atoms with van der Waals surface area (Å²) in [4.78, 5) is 0. The summed E-state index contributed by atoms with van der Waals surface area (Å²) in [5.41, 5.74) is -0.491. The van der Waals surface area contributed by atoms with Crippen LogP contribution in [0.1, 0.15) is 26.7 Å². The summed E-state index contributed by atoms with van der Waals surface area (Å²) in [6, 6.07) is 0. The topological polar surface area (TPSA) is 20.2 Å². The molecule has 0 spiro atoms. The van der Waals surface area contributed by atoms with Crippen LogP contribution in [0.5, 0.6) is 0 Å². The normalized spacial score (nSPS) is 18.0. The molecule has 1 N–H and O–H groups in total. The quantitative estimate of drug-likeness (QED) is 0.659. The van der Waals surface area contributed by atoms with Crippen molar-refractivity contribution in [2.75, 3.05) is 5.33 Å². The molecule has 0 heterocycles. The lowest BCUT2D eigenvalue weighted by Gasteiger charge is -2.18. The van der Waals surface area contributed by atoms with Gasteiger partial charge < -0.3 is 5.11 Å². The zero-order chi connectivity index (χ0) is 6.62. The molecule has 0 saturated carbocycles. The van der Waals surface area contributed by atoms with Gasteiger partial charge in [-0.25, -0.2) is 0 Å². The Hall–Kier alpha value is 0.440. The van der Waals surface area contributed by atoms with E-state index in [0.717, 1.165) is 12.8 Å². The molecule has 8 heavy (non-hydrogen) atoms. The molecular weight excluding hydrogens is 168 g/mol. The molecule has 0 aliphatic carbocycles. The van der Waals surface area contributed by atoms with Crippen LogP contribution in [0.2, 0.25) is 0 Å². The van der Waals surface area contributed by atoms with E-state index in [-0.39, 0.29) is 0 Å². The van der Waals surface area contributed by atoms with Crippen LogP contribution in [0.4, 0.5) is 0 Å². The SMILES string of the molecule is CCCC(C)(O)CBr. The fourth-order valence-electron chi connectivity index (χ4n) is 0.605. The van der Waals surface area contributed by atoms with Crippen molar-refractivity contribution >= 4 is 15.9 Å². The molecule has 50 valence electrons. The second-order valence-electron chi connectivity index (χ2n) is 2.38. The number of alkyl halides is 1. The summed E-state index contributed by atoms with van der Waals surface area (Å²) in [5, 5.41) is 9.95. The summed E-state index contributed by atoms with van der Waals surface area (Å²) >= 11 is 3.22. The average Bonchev–Trinajstić information content (AvgIpc) is 1.67. The molecule has 0 amide bonds. The van der Waals surface area contributed by atoms with Crippen LogP contribution >= 0.6 is 15.9 Å². The highest BCUT2D eigenvalue weighted by Gasteiger charge is 2.15. The van der Waals surface area contributed by atoms with Crippen molar-refractivity contribution < 1.29 is 5.11 Å². The zero-order valence-electron chi connectivity index (χ0n) is 5.45. The Morgan fingerprint density at radius 1 is 1.62 bits per heavy atom. The molecule has 0 fully saturated rings. The number of hydrogen-bond donors (Lipinski definition) is 1. The van der Waals surface area contributed by atoms with Gasteiger partial charge in [0.1, 0.15) is 0 Å². The number of rotatable bonds is 3. The van der Waals surface area contributed by atoms with Crippen LogP contribution in [0, 0.1) is 0 Å².